The largest absolute Gasteiger partial charge is 0.373 e. The zero-order chi connectivity index (χ0) is 13.8. The van der Waals surface area contributed by atoms with Crippen molar-refractivity contribution in [3.8, 4) is 0 Å². The third kappa shape index (κ3) is 3.83. The van der Waals surface area contributed by atoms with Crippen LogP contribution in [0, 0.1) is 5.92 Å². The standard InChI is InChI=1S/C14H20ClN3O/c1-3-6-18(9-10-4-5-10)14(19)11-7-12(15)17-13(8-11)16-2/h7-8,10H,3-6,9H2,1-2H3,(H,16,17). The van der Waals surface area contributed by atoms with Gasteiger partial charge in [-0.25, -0.2) is 4.98 Å². The van der Waals surface area contributed by atoms with Gasteiger partial charge in [-0.05, 0) is 37.3 Å². The van der Waals surface area contributed by atoms with Crippen LogP contribution in [0.15, 0.2) is 12.1 Å². The topological polar surface area (TPSA) is 45.2 Å². The van der Waals surface area contributed by atoms with E-state index in [2.05, 4.69) is 17.2 Å². The highest BCUT2D eigenvalue weighted by atomic mass is 35.5. The number of nitrogens with zero attached hydrogens (tertiary/aromatic N) is 2. The van der Waals surface area contributed by atoms with Crippen LogP contribution in [0.4, 0.5) is 5.82 Å². The van der Waals surface area contributed by atoms with Gasteiger partial charge in [0.15, 0.2) is 0 Å². The molecule has 1 saturated carbocycles. The Hall–Kier alpha value is -1.29. The van der Waals surface area contributed by atoms with Gasteiger partial charge in [-0.15, -0.1) is 0 Å². The average molecular weight is 282 g/mol. The molecule has 104 valence electrons. The van der Waals surface area contributed by atoms with Crippen molar-refractivity contribution in [2.75, 3.05) is 25.5 Å². The third-order valence-electron chi connectivity index (χ3n) is 3.25. The van der Waals surface area contributed by atoms with Crippen LogP contribution in [0.5, 0.6) is 0 Å². The highest BCUT2D eigenvalue weighted by Crippen LogP contribution is 2.30. The van der Waals surface area contributed by atoms with Gasteiger partial charge in [0.05, 0.1) is 0 Å². The van der Waals surface area contributed by atoms with E-state index in [9.17, 15) is 4.79 Å². The van der Waals surface area contributed by atoms with Gasteiger partial charge in [-0.2, -0.15) is 0 Å². The summed E-state index contributed by atoms with van der Waals surface area (Å²) < 4.78 is 0. The molecule has 1 aliphatic carbocycles. The van der Waals surface area contributed by atoms with Crippen molar-refractivity contribution in [2.24, 2.45) is 5.92 Å². The molecular formula is C14H20ClN3O. The van der Waals surface area contributed by atoms with Gasteiger partial charge in [0.25, 0.3) is 5.91 Å². The predicted molar refractivity (Wildman–Crippen MR) is 77.7 cm³/mol. The molecule has 1 aromatic rings. The summed E-state index contributed by atoms with van der Waals surface area (Å²) in [6, 6.07) is 3.39. The van der Waals surface area contributed by atoms with E-state index < -0.39 is 0 Å². The van der Waals surface area contributed by atoms with Gasteiger partial charge in [-0.1, -0.05) is 18.5 Å². The first-order valence-electron chi connectivity index (χ1n) is 6.78. The molecule has 0 aromatic carbocycles. The lowest BCUT2D eigenvalue weighted by atomic mass is 10.2. The highest BCUT2D eigenvalue weighted by Gasteiger charge is 2.27. The molecule has 1 aromatic heterocycles. The fourth-order valence-electron chi connectivity index (χ4n) is 2.09. The average Bonchev–Trinajstić information content (AvgIpc) is 3.20. The lowest BCUT2D eigenvalue weighted by molar-refractivity contribution is 0.0747. The van der Waals surface area contributed by atoms with E-state index in [1.54, 1.807) is 19.2 Å². The SMILES string of the molecule is CCCN(CC1CC1)C(=O)c1cc(Cl)nc(NC)c1. The van der Waals surface area contributed by atoms with Crippen LogP contribution in [-0.2, 0) is 0 Å². The van der Waals surface area contributed by atoms with Crippen molar-refractivity contribution in [1.82, 2.24) is 9.88 Å². The lowest BCUT2D eigenvalue weighted by Gasteiger charge is -2.22. The Balaban J connectivity index is 2.16. The summed E-state index contributed by atoms with van der Waals surface area (Å²) in [6.45, 7) is 3.75. The minimum atomic E-state index is 0.0505. The summed E-state index contributed by atoms with van der Waals surface area (Å²) in [6.07, 6.45) is 3.45. The molecule has 0 aliphatic heterocycles. The number of carbonyl (C=O) groups is 1. The Morgan fingerprint density at radius 2 is 2.26 bits per heavy atom. The number of halogens is 1. The van der Waals surface area contributed by atoms with E-state index in [1.807, 2.05) is 4.90 Å². The fraction of sp³-hybridized carbons (Fsp3) is 0.571. The number of amides is 1. The van der Waals surface area contributed by atoms with Crippen molar-refractivity contribution in [2.45, 2.75) is 26.2 Å². The van der Waals surface area contributed by atoms with Crippen LogP contribution in [-0.4, -0.2) is 35.9 Å². The molecule has 0 bridgehead atoms. The Morgan fingerprint density at radius 3 is 2.84 bits per heavy atom. The maximum atomic E-state index is 12.5. The lowest BCUT2D eigenvalue weighted by Crippen LogP contribution is -2.33. The van der Waals surface area contributed by atoms with E-state index in [-0.39, 0.29) is 5.91 Å². The smallest absolute Gasteiger partial charge is 0.254 e. The molecule has 1 aliphatic rings. The van der Waals surface area contributed by atoms with Crippen LogP contribution in [0.25, 0.3) is 0 Å². The molecule has 1 N–H and O–H groups in total. The highest BCUT2D eigenvalue weighted by molar-refractivity contribution is 6.29. The van der Waals surface area contributed by atoms with E-state index in [4.69, 9.17) is 11.6 Å². The normalized spacial score (nSPS) is 14.3. The molecule has 0 unspecified atom stereocenters. The summed E-state index contributed by atoms with van der Waals surface area (Å²) in [7, 11) is 1.76. The van der Waals surface area contributed by atoms with E-state index in [1.165, 1.54) is 12.8 Å². The number of pyridine rings is 1. The first-order valence-corrected chi connectivity index (χ1v) is 7.16. The maximum Gasteiger partial charge on any atom is 0.254 e. The Morgan fingerprint density at radius 1 is 1.53 bits per heavy atom. The third-order valence-corrected chi connectivity index (χ3v) is 3.45. The van der Waals surface area contributed by atoms with Crippen LogP contribution < -0.4 is 5.32 Å². The number of hydrogen-bond donors (Lipinski definition) is 1. The number of nitrogens with one attached hydrogen (secondary N) is 1. The van der Waals surface area contributed by atoms with Crippen molar-refractivity contribution < 1.29 is 4.79 Å². The number of hydrogen-bond acceptors (Lipinski definition) is 3. The summed E-state index contributed by atoms with van der Waals surface area (Å²) in [5.74, 6) is 1.37. The zero-order valence-electron chi connectivity index (χ0n) is 11.4. The van der Waals surface area contributed by atoms with Crippen LogP contribution in [0.2, 0.25) is 5.15 Å². The second-order valence-electron chi connectivity index (χ2n) is 5.01. The molecule has 5 heteroatoms. The predicted octanol–water partition coefficient (Wildman–Crippen LogP) is 3.04. The minimum Gasteiger partial charge on any atom is -0.373 e. The Bertz CT molecular complexity index is 460. The maximum absolute atomic E-state index is 12.5. The summed E-state index contributed by atoms with van der Waals surface area (Å²) in [5.41, 5.74) is 0.610. The Kier molecular flexibility index (Phi) is 4.64. The van der Waals surface area contributed by atoms with E-state index in [0.717, 1.165) is 19.5 Å². The second kappa shape index (κ2) is 6.24. The Labute approximate surface area is 119 Å². The molecule has 1 heterocycles. The molecule has 0 radical (unpaired) electrons. The number of aromatic nitrogens is 1. The summed E-state index contributed by atoms with van der Waals surface area (Å²) >= 11 is 5.95. The van der Waals surface area contributed by atoms with Crippen molar-refractivity contribution >= 4 is 23.3 Å². The van der Waals surface area contributed by atoms with Gasteiger partial charge < -0.3 is 10.2 Å². The summed E-state index contributed by atoms with van der Waals surface area (Å²) in [4.78, 5) is 18.6. The van der Waals surface area contributed by atoms with Gasteiger partial charge >= 0.3 is 0 Å². The summed E-state index contributed by atoms with van der Waals surface area (Å²) in [5, 5.41) is 3.27. The van der Waals surface area contributed by atoms with Crippen molar-refractivity contribution in [1.29, 1.82) is 0 Å². The van der Waals surface area contributed by atoms with E-state index >= 15 is 0 Å². The van der Waals surface area contributed by atoms with Crippen molar-refractivity contribution in [3.05, 3.63) is 22.8 Å². The molecule has 0 saturated heterocycles. The number of rotatable bonds is 6. The molecule has 4 nitrogen and oxygen atoms in total. The molecular weight excluding hydrogens is 262 g/mol. The molecule has 2 rings (SSSR count). The van der Waals surface area contributed by atoms with Crippen molar-refractivity contribution in [3.63, 3.8) is 0 Å². The first kappa shape index (κ1) is 14.1. The molecule has 1 amide bonds. The molecule has 1 fully saturated rings. The molecule has 0 spiro atoms. The second-order valence-corrected chi connectivity index (χ2v) is 5.40. The first-order chi connectivity index (χ1) is 9.13. The van der Waals surface area contributed by atoms with Gasteiger partial charge in [-0.3, -0.25) is 4.79 Å². The van der Waals surface area contributed by atoms with Gasteiger partial charge in [0.2, 0.25) is 0 Å². The molecule has 0 atom stereocenters. The van der Waals surface area contributed by atoms with Gasteiger partial charge in [0.1, 0.15) is 11.0 Å². The number of anilines is 1. The van der Waals surface area contributed by atoms with Crippen LogP contribution >= 0.6 is 11.6 Å². The monoisotopic (exact) mass is 281 g/mol. The molecule has 19 heavy (non-hydrogen) atoms. The quantitative estimate of drug-likeness (QED) is 0.815. The zero-order valence-corrected chi connectivity index (χ0v) is 12.2. The van der Waals surface area contributed by atoms with Gasteiger partial charge in [0, 0.05) is 25.7 Å². The fourth-order valence-corrected chi connectivity index (χ4v) is 2.30. The van der Waals surface area contributed by atoms with Crippen LogP contribution in [0.3, 0.4) is 0 Å². The van der Waals surface area contributed by atoms with E-state index in [0.29, 0.717) is 22.5 Å². The van der Waals surface area contributed by atoms with Crippen LogP contribution in [0.1, 0.15) is 36.5 Å². The minimum absolute atomic E-state index is 0.0505. The number of carbonyl (C=O) groups excluding carboxylic acids is 1.